The van der Waals surface area contributed by atoms with E-state index < -0.39 is 0 Å². The normalized spacial score (nSPS) is 12.0. The number of hydrogen-bond donors (Lipinski definition) is 0. The first kappa shape index (κ1) is 18.2. The molecular formula is C25H27N. The largest absolute Gasteiger partial charge is 0.291 e. The lowest BCUT2D eigenvalue weighted by Crippen LogP contribution is -2.35. The molecule has 0 amide bonds. The topological polar surface area (TPSA) is 3.24 Å². The van der Waals surface area contributed by atoms with E-state index in [0.717, 1.165) is 25.9 Å². The van der Waals surface area contributed by atoms with Crippen LogP contribution in [-0.2, 0) is 19.5 Å². The van der Waals surface area contributed by atoms with Crippen molar-refractivity contribution in [2.24, 2.45) is 0 Å². The van der Waals surface area contributed by atoms with E-state index in [0.29, 0.717) is 6.04 Å². The summed E-state index contributed by atoms with van der Waals surface area (Å²) in [6.07, 6.45) is 4.07. The molecule has 0 spiro atoms. The lowest BCUT2D eigenvalue weighted by Gasteiger charge is -2.32. The third kappa shape index (κ3) is 5.44. The van der Waals surface area contributed by atoms with E-state index in [1.54, 1.807) is 0 Å². The summed E-state index contributed by atoms with van der Waals surface area (Å²) in [5.74, 6) is 0. The molecule has 1 heteroatoms. The molecule has 3 aromatic rings. The maximum Gasteiger partial charge on any atom is 0.0240 e. The first-order chi connectivity index (χ1) is 12.8. The number of hydrogen-bond acceptors (Lipinski definition) is 1. The van der Waals surface area contributed by atoms with Gasteiger partial charge in [0.25, 0.3) is 0 Å². The van der Waals surface area contributed by atoms with Crippen LogP contribution >= 0.6 is 0 Å². The SMILES string of the molecule is C=CCC(Cc1ccccc1)N(Cc1ccccc1)Cc1ccccc1. The van der Waals surface area contributed by atoms with Crippen molar-refractivity contribution in [3.05, 3.63) is 120 Å². The Kier molecular flexibility index (Phi) is 6.80. The van der Waals surface area contributed by atoms with Gasteiger partial charge < -0.3 is 0 Å². The van der Waals surface area contributed by atoms with Crippen LogP contribution in [0.15, 0.2) is 104 Å². The van der Waals surface area contributed by atoms with E-state index in [1.807, 2.05) is 0 Å². The maximum absolute atomic E-state index is 4.01. The fourth-order valence-corrected chi connectivity index (χ4v) is 3.39. The van der Waals surface area contributed by atoms with E-state index in [-0.39, 0.29) is 0 Å². The van der Waals surface area contributed by atoms with Gasteiger partial charge in [-0.2, -0.15) is 0 Å². The predicted molar refractivity (Wildman–Crippen MR) is 111 cm³/mol. The molecule has 3 aromatic carbocycles. The zero-order valence-corrected chi connectivity index (χ0v) is 15.3. The quantitative estimate of drug-likeness (QED) is 0.440. The zero-order valence-electron chi connectivity index (χ0n) is 15.3. The molecule has 3 rings (SSSR count). The zero-order chi connectivity index (χ0) is 18.0. The van der Waals surface area contributed by atoms with Gasteiger partial charge in [-0.15, -0.1) is 6.58 Å². The van der Waals surface area contributed by atoms with Gasteiger partial charge in [0.2, 0.25) is 0 Å². The highest BCUT2D eigenvalue weighted by Crippen LogP contribution is 2.19. The summed E-state index contributed by atoms with van der Waals surface area (Å²) in [4.78, 5) is 2.58. The number of nitrogens with zero attached hydrogens (tertiary/aromatic N) is 1. The van der Waals surface area contributed by atoms with Crippen LogP contribution in [0.5, 0.6) is 0 Å². The molecule has 1 nitrogen and oxygen atoms in total. The molecule has 26 heavy (non-hydrogen) atoms. The molecular weight excluding hydrogens is 314 g/mol. The van der Waals surface area contributed by atoms with Crippen molar-refractivity contribution >= 4 is 0 Å². The number of benzene rings is 3. The molecule has 0 saturated heterocycles. The second-order valence-corrected chi connectivity index (χ2v) is 6.74. The minimum Gasteiger partial charge on any atom is -0.291 e. The van der Waals surface area contributed by atoms with Crippen molar-refractivity contribution in [2.45, 2.75) is 32.0 Å². The van der Waals surface area contributed by atoms with Crippen LogP contribution in [0.25, 0.3) is 0 Å². The van der Waals surface area contributed by atoms with E-state index in [4.69, 9.17) is 0 Å². The Bertz CT molecular complexity index is 724. The molecule has 1 unspecified atom stereocenters. The third-order valence-corrected chi connectivity index (χ3v) is 4.73. The predicted octanol–water partition coefficient (Wildman–Crippen LogP) is 5.88. The minimum absolute atomic E-state index is 0.426. The average Bonchev–Trinajstić information content (AvgIpc) is 2.70. The Hall–Kier alpha value is -2.64. The van der Waals surface area contributed by atoms with Crippen LogP contribution in [0.2, 0.25) is 0 Å². The first-order valence-corrected chi connectivity index (χ1v) is 9.32. The molecule has 0 radical (unpaired) electrons. The Morgan fingerprint density at radius 2 is 1.08 bits per heavy atom. The average molecular weight is 341 g/mol. The molecule has 0 heterocycles. The van der Waals surface area contributed by atoms with Crippen molar-refractivity contribution in [3.63, 3.8) is 0 Å². The van der Waals surface area contributed by atoms with Gasteiger partial charge >= 0.3 is 0 Å². The Morgan fingerprint density at radius 3 is 1.50 bits per heavy atom. The number of rotatable bonds is 9. The Morgan fingerprint density at radius 1 is 0.654 bits per heavy atom. The van der Waals surface area contributed by atoms with Crippen LogP contribution in [0.4, 0.5) is 0 Å². The summed E-state index contributed by atoms with van der Waals surface area (Å²) in [5, 5.41) is 0. The van der Waals surface area contributed by atoms with Gasteiger partial charge in [0.1, 0.15) is 0 Å². The van der Waals surface area contributed by atoms with Crippen molar-refractivity contribution in [1.82, 2.24) is 4.90 Å². The second kappa shape index (κ2) is 9.74. The van der Waals surface area contributed by atoms with Crippen molar-refractivity contribution in [3.8, 4) is 0 Å². The van der Waals surface area contributed by atoms with Gasteiger partial charge in [0.05, 0.1) is 0 Å². The fourth-order valence-electron chi connectivity index (χ4n) is 3.39. The molecule has 0 aliphatic carbocycles. The summed E-state index contributed by atoms with van der Waals surface area (Å²) in [5.41, 5.74) is 4.08. The van der Waals surface area contributed by atoms with Gasteiger partial charge in [-0.1, -0.05) is 97.1 Å². The van der Waals surface area contributed by atoms with Crippen molar-refractivity contribution in [2.75, 3.05) is 0 Å². The molecule has 1 atom stereocenters. The molecule has 132 valence electrons. The molecule has 0 fully saturated rings. The summed E-state index contributed by atoms with van der Waals surface area (Å²) >= 11 is 0. The third-order valence-electron chi connectivity index (χ3n) is 4.73. The van der Waals surface area contributed by atoms with Gasteiger partial charge in [0.15, 0.2) is 0 Å². The van der Waals surface area contributed by atoms with Crippen LogP contribution < -0.4 is 0 Å². The monoisotopic (exact) mass is 341 g/mol. The summed E-state index contributed by atoms with van der Waals surface area (Å²) < 4.78 is 0. The summed E-state index contributed by atoms with van der Waals surface area (Å²) in [6, 6.07) is 32.7. The van der Waals surface area contributed by atoms with Gasteiger partial charge in [0, 0.05) is 19.1 Å². The highest BCUT2D eigenvalue weighted by Gasteiger charge is 2.18. The van der Waals surface area contributed by atoms with E-state index in [2.05, 4.69) is 109 Å². The van der Waals surface area contributed by atoms with Gasteiger partial charge in [-0.25, -0.2) is 0 Å². The Labute approximate surface area is 157 Å². The summed E-state index contributed by atoms with van der Waals surface area (Å²) in [6.45, 7) is 5.90. The molecule has 0 saturated carbocycles. The molecule has 0 aromatic heterocycles. The molecule has 0 aliphatic heterocycles. The van der Waals surface area contributed by atoms with Crippen molar-refractivity contribution in [1.29, 1.82) is 0 Å². The molecule has 0 bridgehead atoms. The second-order valence-electron chi connectivity index (χ2n) is 6.74. The Balaban J connectivity index is 1.83. The lowest BCUT2D eigenvalue weighted by atomic mass is 10.00. The van der Waals surface area contributed by atoms with Crippen LogP contribution in [0.1, 0.15) is 23.1 Å². The fraction of sp³-hybridized carbons (Fsp3) is 0.200. The standard InChI is InChI=1S/C25H27N/c1-2-12-25(19-22-13-6-3-7-14-22)26(20-23-15-8-4-9-16-23)21-24-17-10-5-11-18-24/h2-11,13-18,25H,1,12,19-21H2. The van der Waals surface area contributed by atoms with E-state index in [1.165, 1.54) is 16.7 Å². The van der Waals surface area contributed by atoms with Gasteiger partial charge in [-0.05, 0) is 29.5 Å². The smallest absolute Gasteiger partial charge is 0.0240 e. The highest BCUT2D eigenvalue weighted by molar-refractivity contribution is 5.19. The van der Waals surface area contributed by atoms with Crippen molar-refractivity contribution < 1.29 is 0 Å². The van der Waals surface area contributed by atoms with E-state index in [9.17, 15) is 0 Å². The van der Waals surface area contributed by atoms with E-state index >= 15 is 0 Å². The van der Waals surface area contributed by atoms with Crippen LogP contribution in [-0.4, -0.2) is 10.9 Å². The maximum atomic E-state index is 4.01. The van der Waals surface area contributed by atoms with Crippen LogP contribution in [0.3, 0.4) is 0 Å². The van der Waals surface area contributed by atoms with Gasteiger partial charge in [-0.3, -0.25) is 4.90 Å². The lowest BCUT2D eigenvalue weighted by molar-refractivity contribution is 0.177. The first-order valence-electron chi connectivity index (χ1n) is 9.32. The molecule has 0 N–H and O–H groups in total. The minimum atomic E-state index is 0.426. The van der Waals surface area contributed by atoms with Crippen LogP contribution in [0, 0.1) is 0 Å². The highest BCUT2D eigenvalue weighted by atomic mass is 15.1. The molecule has 0 aliphatic rings. The summed E-state index contributed by atoms with van der Waals surface area (Å²) in [7, 11) is 0.